The number of methoxy groups -OCH3 is 1. The summed E-state index contributed by atoms with van der Waals surface area (Å²) in [4.78, 5) is 12.0. The third-order valence-electron chi connectivity index (χ3n) is 3.61. The van der Waals surface area contributed by atoms with Crippen LogP contribution in [-0.4, -0.2) is 19.2 Å². The molecule has 116 valence electrons. The highest BCUT2D eigenvalue weighted by molar-refractivity contribution is 6.03. The lowest BCUT2D eigenvalue weighted by atomic mass is 10.0. The molecular formula is C18H16N2O3. The zero-order valence-corrected chi connectivity index (χ0v) is 12.9. The molecule has 1 aromatic heterocycles. The number of fused-ring (bicyclic) bond motifs is 1. The van der Waals surface area contributed by atoms with Crippen molar-refractivity contribution in [2.24, 2.45) is 5.10 Å². The van der Waals surface area contributed by atoms with Gasteiger partial charge in [-0.1, -0.05) is 24.3 Å². The maximum absolute atomic E-state index is 12.0. The number of ether oxygens (including phenoxy) is 1. The molecule has 0 aliphatic rings. The zero-order valence-electron chi connectivity index (χ0n) is 12.9. The summed E-state index contributed by atoms with van der Waals surface area (Å²) in [6, 6.07) is 13.3. The molecule has 0 unspecified atom stereocenters. The molecule has 1 amide bonds. The van der Waals surface area contributed by atoms with Crippen molar-refractivity contribution in [3.63, 3.8) is 0 Å². The van der Waals surface area contributed by atoms with Crippen LogP contribution in [0.4, 0.5) is 0 Å². The van der Waals surface area contributed by atoms with E-state index in [1.54, 1.807) is 26.3 Å². The molecule has 0 spiro atoms. The molecule has 0 aliphatic carbocycles. The Hall–Kier alpha value is -3.08. The molecule has 2 aromatic carbocycles. The minimum atomic E-state index is -0.301. The first kappa shape index (κ1) is 14.8. The number of benzene rings is 2. The molecule has 0 saturated carbocycles. The first-order chi connectivity index (χ1) is 11.2. The Morgan fingerprint density at radius 3 is 2.65 bits per heavy atom. The van der Waals surface area contributed by atoms with E-state index in [2.05, 4.69) is 10.5 Å². The van der Waals surface area contributed by atoms with E-state index in [1.165, 1.54) is 6.26 Å². The van der Waals surface area contributed by atoms with Crippen molar-refractivity contribution in [3.8, 4) is 5.75 Å². The largest absolute Gasteiger partial charge is 0.496 e. The Bertz CT molecular complexity index is 881. The first-order valence-electron chi connectivity index (χ1n) is 7.14. The molecule has 0 atom stereocenters. The van der Waals surface area contributed by atoms with Crippen molar-refractivity contribution >= 4 is 22.9 Å². The van der Waals surface area contributed by atoms with Gasteiger partial charge in [0.25, 0.3) is 5.91 Å². The molecule has 5 heteroatoms. The van der Waals surface area contributed by atoms with Gasteiger partial charge in [-0.25, -0.2) is 5.43 Å². The van der Waals surface area contributed by atoms with Crippen molar-refractivity contribution in [1.29, 1.82) is 0 Å². The second-order valence-corrected chi connectivity index (χ2v) is 4.99. The number of carbonyl (C=O) groups excluding carboxylic acids is 1. The van der Waals surface area contributed by atoms with Gasteiger partial charge in [-0.2, -0.15) is 5.10 Å². The number of furan rings is 1. The Morgan fingerprint density at radius 2 is 1.96 bits per heavy atom. The minimum absolute atomic E-state index is 0.301. The normalized spacial score (nSPS) is 11.0. The molecule has 3 rings (SSSR count). The molecule has 5 nitrogen and oxygen atoms in total. The first-order valence-corrected chi connectivity index (χ1v) is 7.14. The van der Waals surface area contributed by atoms with Crippen LogP contribution in [-0.2, 0) is 0 Å². The summed E-state index contributed by atoms with van der Waals surface area (Å²) in [7, 11) is 1.64. The standard InChI is InChI=1S/C18H16N2O3/c1-12-14(9-10-23-12)18(21)20-19-11-13-7-8-17(22-2)16-6-4-3-5-15(13)16/h3-11H,1-2H3,(H,20,21)/b19-11+. The van der Waals surface area contributed by atoms with Crippen molar-refractivity contribution < 1.29 is 13.9 Å². The van der Waals surface area contributed by atoms with Gasteiger partial charge in [-0.05, 0) is 30.5 Å². The fourth-order valence-corrected chi connectivity index (χ4v) is 2.43. The topological polar surface area (TPSA) is 63.8 Å². The maximum atomic E-state index is 12.0. The van der Waals surface area contributed by atoms with E-state index in [0.717, 1.165) is 22.1 Å². The smallest absolute Gasteiger partial charge is 0.274 e. The van der Waals surface area contributed by atoms with Crippen molar-refractivity contribution in [1.82, 2.24) is 5.43 Å². The Labute approximate surface area is 133 Å². The molecular weight excluding hydrogens is 292 g/mol. The van der Waals surface area contributed by atoms with Crippen molar-refractivity contribution in [2.75, 3.05) is 7.11 Å². The van der Waals surface area contributed by atoms with E-state index in [-0.39, 0.29) is 5.91 Å². The van der Waals surface area contributed by atoms with Gasteiger partial charge in [0, 0.05) is 10.9 Å². The van der Waals surface area contributed by atoms with Gasteiger partial charge in [0.05, 0.1) is 25.2 Å². The van der Waals surface area contributed by atoms with Gasteiger partial charge in [0.2, 0.25) is 0 Å². The van der Waals surface area contributed by atoms with Crippen LogP contribution in [0.3, 0.4) is 0 Å². The second-order valence-electron chi connectivity index (χ2n) is 4.99. The highest BCUT2D eigenvalue weighted by Gasteiger charge is 2.10. The average molecular weight is 308 g/mol. The monoisotopic (exact) mass is 308 g/mol. The number of hydrogen-bond donors (Lipinski definition) is 1. The third kappa shape index (κ3) is 2.94. The number of hydrazone groups is 1. The van der Waals surface area contributed by atoms with Gasteiger partial charge >= 0.3 is 0 Å². The van der Waals surface area contributed by atoms with Gasteiger partial charge in [-0.15, -0.1) is 0 Å². The molecule has 1 N–H and O–H groups in total. The summed E-state index contributed by atoms with van der Waals surface area (Å²) in [5.41, 5.74) is 3.87. The Kier molecular flexibility index (Phi) is 4.10. The predicted molar refractivity (Wildman–Crippen MR) is 89.0 cm³/mol. The number of amides is 1. The average Bonchev–Trinajstić information content (AvgIpc) is 3.01. The molecule has 0 aliphatic heterocycles. The molecule has 0 saturated heterocycles. The van der Waals surface area contributed by atoms with E-state index < -0.39 is 0 Å². The number of rotatable bonds is 4. The van der Waals surface area contributed by atoms with Crippen LogP contribution in [0.25, 0.3) is 10.8 Å². The maximum Gasteiger partial charge on any atom is 0.274 e. The minimum Gasteiger partial charge on any atom is -0.496 e. The number of carbonyl (C=O) groups is 1. The number of nitrogens with one attached hydrogen (secondary N) is 1. The summed E-state index contributed by atoms with van der Waals surface area (Å²) < 4.78 is 10.5. The SMILES string of the molecule is COc1ccc(/C=N/NC(=O)c2ccoc2C)c2ccccc12. The third-order valence-corrected chi connectivity index (χ3v) is 3.61. The van der Waals surface area contributed by atoms with Gasteiger partial charge in [0.1, 0.15) is 11.5 Å². The predicted octanol–water partition coefficient (Wildman–Crippen LogP) is 3.51. The van der Waals surface area contributed by atoms with E-state index in [0.29, 0.717) is 11.3 Å². The number of aryl methyl sites for hydroxylation is 1. The van der Waals surface area contributed by atoms with Crippen LogP contribution in [0.1, 0.15) is 21.7 Å². The van der Waals surface area contributed by atoms with Crippen LogP contribution in [0, 0.1) is 6.92 Å². The lowest BCUT2D eigenvalue weighted by molar-refractivity contribution is 0.0953. The number of nitrogens with zero attached hydrogens (tertiary/aromatic N) is 1. The highest BCUT2D eigenvalue weighted by Crippen LogP contribution is 2.27. The molecule has 0 fully saturated rings. The lowest BCUT2D eigenvalue weighted by Crippen LogP contribution is -2.17. The molecule has 0 radical (unpaired) electrons. The van der Waals surface area contributed by atoms with Crippen LogP contribution in [0.2, 0.25) is 0 Å². The van der Waals surface area contributed by atoms with Gasteiger partial charge in [-0.3, -0.25) is 4.79 Å². The fraction of sp³-hybridized carbons (Fsp3) is 0.111. The van der Waals surface area contributed by atoms with Crippen LogP contribution in [0.5, 0.6) is 5.75 Å². The van der Waals surface area contributed by atoms with Crippen LogP contribution in [0.15, 0.2) is 58.2 Å². The molecule has 23 heavy (non-hydrogen) atoms. The van der Waals surface area contributed by atoms with Crippen LogP contribution < -0.4 is 10.2 Å². The molecule has 1 heterocycles. The lowest BCUT2D eigenvalue weighted by Gasteiger charge is -2.07. The number of hydrogen-bond acceptors (Lipinski definition) is 4. The summed E-state index contributed by atoms with van der Waals surface area (Å²) >= 11 is 0. The van der Waals surface area contributed by atoms with E-state index >= 15 is 0 Å². The zero-order chi connectivity index (χ0) is 16.2. The van der Waals surface area contributed by atoms with E-state index in [1.807, 2.05) is 36.4 Å². The summed E-state index contributed by atoms with van der Waals surface area (Å²) in [6.45, 7) is 1.73. The van der Waals surface area contributed by atoms with Gasteiger partial charge in [0.15, 0.2) is 0 Å². The Balaban J connectivity index is 1.84. The second kappa shape index (κ2) is 6.36. The summed E-state index contributed by atoms with van der Waals surface area (Å²) in [5, 5.41) is 6.04. The van der Waals surface area contributed by atoms with Crippen molar-refractivity contribution in [2.45, 2.75) is 6.92 Å². The quantitative estimate of drug-likeness (QED) is 0.592. The molecule has 3 aromatic rings. The Morgan fingerprint density at radius 1 is 1.17 bits per heavy atom. The summed E-state index contributed by atoms with van der Waals surface area (Å²) in [5.74, 6) is 1.06. The van der Waals surface area contributed by atoms with E-state index in [4.69, 9.17) is 9.15 Å². The van der Waals surface area contributed by atoms with Gasteiger partial charge < -0.3 is 9.15 Å². The highest BCUT2D eigenvalue weighted by atomic mass is 16.5. The summed E-state index contributed by atoms with van der Waals surface area (Å²) in [6.07, 6.45) is 3.10. The van der Waals surface area contributed by atoms with Crippen LogP contribution >= 0.6 is 0 Å². The van der Waals surface area contributed by atoms with E-state index in [9.17, 15) is 4.79 Å². The van der Waals surface area contributed by atoms with Crippen molar-refractivity contribution in [3.05, 3.63) is 65.6 Å². The fourth-order valence-electron chi connectivity index (χ4n) is 2.43. The molecule has 0 bridgehead atoms.